The lowest BCUT2D eigenvalue weighted by Gasteiger charge is -2.28. The minimum atomic E-state index is -0.673. The van der Waals surface area contributed by atoms with Crippen LogP contribution < -0.4 is 10.6 Å². The van der Waals surface area contributed by atoms with Gasteiger partial charge in [0.15, 0.2) is 5.96 Å². The number of rotatable bonds is 11. The number of benzene rings is 1. The third-order valence-electron chi connectivity index (χ3n) is 5.38. The highest BCUT2D eigenvalue weighted by molar-refractivity contribution is 14.0. The number of hydrogen-bond donors (Lipinski definition) is 3. The molecule has 0 amide bonds. The molecule has 1 heterocycles. The fraction of sp³-hybridized carbons (Fsp3) is 0.696. The van der Waals surface area contributed by atoms with Crippen molar-refractivity contribution in [2.75, 3.05) is 39.4 Å². The summed E-state index contributed by atoms with van der Waals surface area (Å²) in [5, 5.41) is 17.6. The molecule has 1 aliphatic heterocycles. The molecule has 3 N–H and O–H groups in total. The van der Waals surface area contributed by atoms with Gasteiger partial charge in [0.05, 0.1) is 25.4 Å². The van der Waals surface area contributed by atoms with Gasteiger partial charge in [-0.1, -0.05) is 51.0 Å². The van der Waals surface area contributed by atoms with Gasteiger partial charge in [0.1, 0.15) is 0 Å². The van der Waals surface area contributed by atoms with Crippen LogP contribution in [-0.4, -0.2) is 61.0 Å². The summed E-state index contributed by atoms with van der Waals surface area (Å²) < 4.78 is 5.46. The van der Waals surface area contributed by atoms with E-state index in [1.165, 1.54) is 11.1 Å². The summed E-state index contributed by atoms with van der Waals surface area (Å²) in [5.74, 6) is 0.763. The Labute approximate surface area is 199 Å². The molecule has 1 aliphatic rings. The molecule has 6 nitrogen and oxygen atoms in total. The Morgan fingerprint density at radius 1 is 1.07 bits per heavy atom. The van der Waals surface area contributed by atoms with Crippen molar-refractivity contribution in [1.29, 1.82) is 0 Å². The number of nitrogens with one attached hydrogen (secondary N) is 2. The lowest BCUT2D eigenvalue weighted by molar-refractivity contribution is 0.0257. The number of morpholine rings is 1. The smallest absolute Gasteiger partial charge is 0.191 e. The first-order chi connectivity index (χ1) is 14.1. The summed E-state index contributed by atoms with van der Waals surface area (Å²) in [5.41, 5.74) is 1.89. The minimum Gasteiger partial charge on any atom is -0.388 e. The first-order valence-corrected chi connectivity index (χ1v) is 11.2. The van der Waals surface area contributed by atoms with Crippen LogP contribution >= 0.6 is 24.0 Å². The zero-order valence-electron chi connectivity index (χ0n) is 19.0. The molecule has 0 saturated carbocycles. The van der Waals surface area contributed by atoms with Gasteiger partial charge in [-0.2, -0.15) is 0 Å². The van der Waals surface area contributed by atoms with Gasteiger partial charge in [0, 0.05) is 32.7 Å². The monoisotopic (exact) mass is 532 g/mol. The first kappa shape index (κ1) is 27.1. The van der Waals surface area contributed by atoms with Crippen molar-refractivity contribution in [2.24, 2.45) is 4.99 Å². The number of hydrogen-bond acceptors (Lipinski definition) is 4. The average molecular weight is 533 g/mol. The van der Waals surface area contributed by atoms with Crippen molar-refractivity contribution in [3.63, 3.8) is 0 Å². The summed E-state index contributed by atoms with van der Waals surface area (Å²) in [6, 6.07) is 8.53. The highest BCUT2D eigenvalue weighted by Crippen LogP contribution is 2.18. The van der Waals surface area contributed by atoms with E-state index in [0.29, 0.717) is 13.1 Å². The van der Waals surface area contributed by atoms with E-state index in [9.17, 15) is 5.11 Å². The molecule has 1 aromatic rings. The van der Waals surface area contributed by atoms with E-state index in [-0.39, 0.29) is 24.0 Å². The van der Waals surface area contributed by atoms with Gasteiger partial charge >= 0.3 is 0 Å². The van der Waals surface area contributed by atoms with Crippen LogP contribution in [0, 0.1) is 0 Å². The van der Waals surface area contributed by atoms with E-state index in [2.05, 4.69) is 60.6 Å². The van der Waals surface area contributed by atoms with Crippen molar-refractivity contribution < 1.29 is 9.84 Å². The molecule has 0 aliphatic carbocycles. The van der Waals surface area contributed by atoms with E-state index >= 15 is 0 Å². The molecule has 2 rings (SSSR count). The maximum atomic E-state index is 10.9. The normalized spacial score (nSPS) is 15.5. The molecule has 30 heavy (non-hydrogen) atoms. The molecule has 0 unspecified atom stereocenters. The van der Waals surface area contributed by atoms with E-state index in [0.717, 1.165) is 71.0 Å². The highest BCUT2D eigenvalue weighted by atomic mass is 127. The van der Waals surface area contributed by atoms with Crippen LogP contribution in [0.4, 0.5) is 0 Å². The van der Waals surface area contributed by atoms with Gasteiger partial charge in [0.25, 0.3) is 0 Å². The van der Waals surface area contributed by atoms with Crippen LogP contribution in [0.1, 0.15) is 57.6 Å². The Kier molecular flexibility index (Phi) is 13.6. The third-order valence-corrected chi connectivity index (χ3v) is 5.38. The molecule has 0 bridgehead atoms. The average Bonchev–Trinajstić information content (AvgIpc) is 2.72. The SMILES string of the molecule is CCCC(O)(CCC)CNC(=NCc1ccccc1CN1CCOCC1)NCC.I. The van der Waals surface area contributed by atoms with Gasteiger partial charge in [-0.25, -0.2) is 4.99 Å². The van der Waals surface area contributed by atoms with E-state index in [1.54, 1.807) is 0 Å². The Hall–Kier alpha value is -0.900. The second-order valence-electron chi connectivity index (χ2n) is 7.93. The predicted molar refractivity (Wildman–Crippen MR) is 136 cm³/mol. The molecule has 0 spiro atoms. The van der Waals surface area contributed by atoms with Crippen LogP contribution in [0.5, 0.6) is 0 Å². The predicted octanol–water partition coefficient (Wildman–Crippen LogP) is 3.52. The topological polar surface area (TPSA) is 69.1 Å². The van der Waals surface area contributed by atoms with Gasteiger partial charge in [0.2, 0.25) is 0 Å². The van der Waals surface area contributed by atoms with Crippen molar-refractivity contribution in [3.8, 4) is 0 Å². The van der Waals surface area contributed by atoms with Crippen molar-refractivity contribution in [2.45, 2.75) is 65.1 Å². The summed E-state index contributed by atoms with van der Waals surface area (Å²) >= 11 is 0. The number of aliphatic imine (C=N–C) groups is 1. The molecule has 7 heteroatoms. The molecule has 1 aromatic carbocycles. The Morgan fingerprint density at radius 3 is 2.30 bits per heavy atom. The molecule has 172 valence electrons. The molecule has 0 atom stereocenters. The Bertz CT molecular complexity index is 615. The second-order valence-corrected chi connectivity index (χ2v) is 7.93. The number of aliphatic hydroxyl groups is 1. The molecular weight excluding hydrogens is 491 g/mol. The fourth-order valence-electron chi connectivity index (χ4n) is 3.85. The third kappa shape index (κ3) is 9.49. The summed E-state index contributed by atoms with van der Waals surface area (Å²) in [6.07, 6.45) is 3.55. The van der Waals surface area contributed by atoms with Gasteiger partial charge in [-0.15, -0.1) is 24.0 Å². The van der Waals surface area contributed by atoms with Gasteiger partial charge in [-0.05, 0) is 30.9 Å². The Morgan fingerprint density at radius 2 is 1.70 bits per heavy atom. The van der Waals surface area contributed by atoms with Crippen molar-refractivity contribution in [3.05, 3.63) is 35.4 Å². The second kappa shape index (κ2) is 15.0. The number of ether oxygens (including phenoxy) is 1. The number of guanidine groups is 1. The molecular formula is C23H41IN4O2. The van der Waals surface area contributed by atoms with Crippen LogP contribution in [0.2, 0.25) is 0 Å². The maximum Gasteiger partial charge on any atom is 0.191 e. The quantitative estimate of drug-likeness (QED) is 0.231. The molecule has 1 fully saturated rings. The van der Waals surface area contributed by atoms with E-state index < -0.39 is 5.60 Å². The number of halogens is 1. The minimum absolute atomic E-state index is 0. The fourth-order valence-corrected chi connectivity index (χ4v) is 3.85. The lowest BCUT2D eigenvalue weighted by atomic mass is 9.93. The zero-order valence-corrected chi connectivity index (χ0v) is 21.3. The van der Waals surface area contributed by atoms with Crippen molar-refractivity contribution in [1.82, 2.24) is 15.5 Å². The van der Waals surface area contributed by atoms with Crippen LogP contribution in [-0.2, 0) is 17.8 Å². The molecule has 0 aromatic heterocycles. The van der Waals surface area contributed by atoms with Gasteiger partial charge in [-0.3, -0.25) is 4.90 Å². The van der Waals surface area contributed by atoms with E-state index in [1.807, 2.05) is 0 Å². The largest absolute Gasteiger partial charge is 0.388 e. The highest BCUT2D eigenvalue weighted by Gasteiger charge is 2.25. The van der Waals surface area contributed by atoms with Crippen LogP contribution in [0.15, 0.2) is 29.3 Å². The summed E-state index contributed by atoms with van der Waals surface area (Å²) in [7, 11) is 0. The van der Waals surface area contributed by atoms with Crippen LogP contribution in [0.3, 0.4) is 0 Å². The first-order valence-electron chi connectivity index (χ1n) is 11.2. The van der Waals surface area contributed by atoms with E-state index in [4.69, 9.17) is 9.73 Å². The van der Waals surface area contributed by atoms with Crippen LogP contribution in [0.25, 0.3) is 0 Å². The molecule has 0 radical (unpaired) electrons. The lowest BCUT2D eigenvalue weighted by Crippen LogP contribution is -2.47. The zero-order chi connectivity index (χ0) is 21.0. The van der Waals surface area contributed by atoms with Gasteiger partial charge < -0.3 is 20.5 Å². The molecule has 1 saturated heterocycles. The number of nitrogens with zero attached hydrogens (tertiary/aromatic N) is 2. The summed E-state index contributed by atoms with van der Waals surface area (Å²) in [6.45, 7) is 12.8. The summed E-state index contributed by atoms with van der Waals surface area (Å²) in [4.78, 5) is 7.24. The van der Waals surface area contributed by atoms with Crippen molar-refractivity contribution >= 4 is 29.9 Å². The standard InChI is InChI=1S/C23H40N4O2.HI/c1-4-11-23(28,12-5-2)19-26-22(24-6-3)25-17-20-9-7-8-10-21(20)18-27-13-15-29-16-14-27;/h7-10,28H,4-6,11-19H2,1-3H3,(H2,24,25,26);1H. The maximum absolute atomic E-state index is 10.9. The Balaban J connectivity index is 0.00000450.